The lowest BCUT2D eigenvalue weighted by atomic mass is 10.2. The van der Waals surface area contributed by atoms with Crippen LogP contribution in [0.25, 0.3) is 0 Å². The fourth-order valence-corrected chi connectivity index (χ4v) is 2.16. The molecule has 104 valence electrons. The molecule has 4 nitrogen and oxygen atoms in total. The van der Waals surface area contributed by atoms with Crippen molar-refractivity contribution in [3.63, 3.8) is 0 Å². The van der Waals surface area contributed by atoms with Gasteiger partial charge in [-0.1, -0.05) is 28.1 Å². The maximum atomic E-state index is 11.4. The van der Waals surface area contributed by atoms with E-state index < -0.39 is 5.97 Å². The summed E-state index contributed by atoms with van der Waals surface area (Å²) >= 11 is 3.40. The number of anilines is 1. The molecule has 0 unspecified atom stereocenters. The fraction of sp³-hybridized carbons (Fsp3) is 0.133. The number of rotatable bonds is 4. The van der Waals surface area contributed by atoms with Crippen molar-refractivity contribution in [2.45, 2.75) is 6.61 Å². The Balaban J connectivity index is 2.08. The Morgan fingerprint density at radius 3 is 2.70 bits per heavy atom. The minimum atomic E-state index is -0.421. The van der Waals surface area contributed by atoms with Gasteiger partial charge in [0.05, 0.1) is 18.4 Å². The predicted octanol–water partition coefficient (Wildman–Crippen LogP) is 3.40. The highest BCUT2D eigenvalue weighted by atomic mass is 79.9. The third-order valence-corrected chi connectivity index (χ3v) is 3.21. The topological polar surface area (TPSA) is 61.5 Å². The molecular weight excluding hydrogens is 322 g/mol. The van der Waals surface area contributed by atoms with Crippen LogP contribution in [0.4, 0.5) is 5.69 Å². The van der Waals surface area contributed by atoms with Gasteiger partial charge in [0, 0.05) is 4.47 Å². The van der Waals surface area contributed by atoms with Gasteiger partial charge in [0.1, 0.15) is 12.4 Å². The van der Waals surface area contributed by atoms with Crippen LogP contribution in [-0.4, -0.2) is 13.1 Å². The van der Waals surface area contributed by atoms with Gasteiger partial charge >= 0.3 is 5.97 Å². The van der Waals surface area contributed by atoms with Crippen molar-refractivity contribution < 1.29 is 14.3 Å². The van der Waals surface area contributed by atoms with E-state index in [0.717, 1.165) is 10.0 Å². The number of benzene rings is 2. The Labute approximate surface area is 125 Å². The first kappa shape index (κ1) is 14.4. The molecular formula is C15H14BrNO3. The van der Waals surface area contributed by atoms with E-state index in [1.165, 1.54) is 7.11 Å². The fourth-order valence-electron chi connectivity index (χ4n) is 1.71. The number of esters is 1. The van der Waals surface area contributed by atoms with Crippen LogP contribution in [0.2, 0.25) is 0 Å². The zero-order valence-electron chi connectivity index (χ0n) is 10.9. The van der Waals surface area contributed by atoms with Crippen molar-refractivity contribution in [3.8, 4) is 5.75 Å². The van der Waals surface area contributed by atoms with Gasteiger partial charge < -0.3 is 15.2 Å². The number of ether oxygens (including phenoxy) is 2. The second kappa shape index (κ2) is 6.43. The summed E-state index contributed by atoms with van der Waals surface area (Å²) in [6.45, 7) is 0.404. The monoisotopic (exact) mass is 335 g/mol. The van der Waals surface area contributed by atoms with Crippen molar-refractivity contribution in [2.24, 2.45) is 0 Å². The van der Waals surface area contributed by atoms with Crippen molar-refractivity contribution in [2.75, 3.05) is 12.8 Å². The molecule has 0 aliphatic rings. The molecule has 0 atom stereocenters. The molecule has 0 amide bonds. The van der Waals surface area contributed by atoms with Gasteiger partial charge in [-0.05, 0) is 35.9 Å². The van der Waals surface area contributed by atoms with Gasteiger partial charge in [-0.2, -0.15) is 0 Å². The molecule has 0 aromatic heterocycles. The molecule has 0 heterocycles. The van der Waals surface area contributed by atoms with Crippen LogP contribution in [0.1, 0.15) is 15.9 Å². The molecule has 0 saturated heterocycles. The number of carbonyl (C=O) groups is 1. The Morgan fingerprint density at radius 1 is 1.25 bits per heavy atom. The first-order chi connectivity index (χ1) is 9.60. The molecule has 0 radical (unpaired) electrons. The Morgan fingerprint density at radius 2 is 2.05 bits per heavy atom. The lowest BCUT2D eigenvalue weighted by molar-refractivity contribution is 0.0600. The quantitative estimate of drug-likeness (QED) is 0.687. The third kappa shape index (κ3) is 3.51. The van der Waals surface area contributed by atoms with E-state index in [0.29, 0.717) is 23.6 Å². The second-order valence-electron chi connectivity index (χ2n) is 4.16. The smallest absolute Gasteiger partial charge is 0.337 e. The zero-order chi connectivity index (χ0) is 14.5. The number of hydrogen-bond donors (Lipinski definition) is 1. The Bertz CT molecular complexity index is 628. The van der Waals surface area contributed by atoms with Crippen molar-refractivity contribution in [1.82, 2.24) is 0 Å². The maximum Gasteiger partial charge on any atom is 0.337 e. The highest BCUT2D eigenvalue weighted by molar-refractivity contribution is 9.10. The van der Waals surface area contributed by atoms with Crippen LogP contribution >= 0.6 is 15.9 Å². The second-order valence-corrected chi connectivity index (χ2v) is 5.08. The highest BCUT2D eigenvalue weighted by Gasteiger charge is 2.09. The minimum absolute atomic E-state index is 0.403. The molecule has 0 aliphatic heterocycles. The number of methoxy groups -OCH3 is 1. The molecule has 2 aromatic rings. The van der Waals surface area contributed by atoms with Crippen molar-refractivity contribution in [3.05, 3.63) is 58.1 Å². The lowest BCUT2D eigenvalue weighted by Gasteiger charge is -2.10. The summed E-state index contributed by atoms with van der Waals surface area (Å²) in [5.74, 6) is 0.118. The van der Waals surface area contributed by atoms with Crippen molar-refractivity contribution in [1.29, 1.82) is 0 Å². The molecule has 5 heteroatoms. The van der Waals surface area contributed by atoms with Crippen LogP contribution in [0, 0.1) is 0 Å². The summed E-state index contributed by atoms with van der Waals surface area (Å²) in [6.07, 6.45) is 0. The normalized spacial score (nSPS) is 10.1. The first-order valence-electron chi connectivity index (χ1n) is 5.95. The van der Waals surface area contributed by atoms with E-state index in [1.54, 1.807) is 18.2 Å². The van der Waals surface area contributed by atoms with Crippen LogP contribution in [0.5, 0.6) is 5.75 Å². The largest absolute Gasteiger partial charge is 0.487 e. The minimum Gasteiger partial charge on any atom is -0.487 e. The van der Waals surface area contributed by atoms with Gasteiger partial charge in [-0.15, -0.1) is 0 Å². The highest BCUT2D eigenvalue weighted by Crippen LogP contribution is 2.24. The van der Waals surface area contributed by atoms with Crippen LogP contribution in [0.15, 0.2) is 46.9 Å². The lowest BCUT2D eigenvalue weighted by Crippen LogP contribution is -2.04. The van der Waals surface area contributed by atoms with E-state index >= 15 is 0 Å². The maximum absolute atomic E-state index is 11.4. The van der Waals surface area contributed by atoms with Crippen LogP contribution in [-0.2, 0) is 11.3 Å². The summed E-state index contributed by atoms with van der Waals surface area (Å²) < 4.78 is 11.3. The summed E-state index contributed by atoms with van der Waals surface area (Å²) in [7, 11) is 1.33. The first-order valence-corrected chi connectivity index (χ1v) is 6.74. The standard InChI is InChI=1S/C15H14BrNO3/c1-19-15(18)11-5-6-14(13(17)8-11)20-9-10-3-2-4-12(16)7-10/h2-8H,9,17H2,1H3. The number of hydrogen-bond acceptors (Lipinski definition) is 4. The van der Waals surface area contributed by atoms with Gasteiger partial charge in [-0.25, -0.2) is 4.79 Å². The Kier molecular flexibility index (Phi) is 4.63. The average molecular weight is 336 g/mol. The van der Waals surface area contributed by atoms with Crippen molar-refractivity contribution >= 4 is 27.6 Å². The van der Waals surface area contributed by atoms with E-state index in [9.17, 15) is 4.79 Å². The molecule has 0 fully saturated rings. The molecule has 2 rings (SSSR count). The average Bonchev–Trinajstić information content (AvgIpc) is 2.45. The van der Waals surface area contributed by atoms with E-state index in [-0.39, 0.29) is 0 Å². The molecule has 0 aliphatic carbocycles. The summed E-state index contributed by atoms with van der Waals surface area (Å²) in [5, 5.41) is 0. The van der Waals surface area contributed by atoms with Gasteiger partial charge in [-0.3, -0.25) is 0 Å². The number of halogens is 1. The number of nitrogens with two attached hydrogens (primary N) is 1. The summed E-state index contributed by atoms with van der Waals surface area (Å²) in [5.41, 5.74) is 7.70. The van der Waals surface area contributed by atoms with E-state index in [2.05, 4.69) is 20.7 Å². The molecule has 20 heavy (non-hydrogen) atoms. The number of nitrogen functional groups attached to an aromatic ring is 1. The van der Waals surface area contributed by atoms with Gasteiger partial charge in [0.2, 0.25) is 0 Å². The van der Waals surface area contributed by atoms with Gasteiger partial charge in [0.25, 0.3) is 0 Å². The molecule has 2 aromatic carbocycles. The molecule has 2 N–H and O–H groups in total. The summed E-state index contributed by atoms with van der Waals surface area (Å²) in [6, 6.07) is 12.7. The molecule has 0 bridgehead atoms. The molecule has 0 saturated carbocycles. The number of carbonyl (C=O) groups excluding carboxylic acids is 1. The van der Waals surface area contributed by atoms with E-state index in [1.807, 2.05) is 24.3 Å². The molecule has 0 spiro atoms. The SMILES string of the molecule is COC(=O)c1ccc(OCc2cccc(Br)c2)c(N)c1. The predicted molar refractivity (Wildman–Crippen MR) is 80.7 cm³/mol. The van der Waals surface area contributed by atoms with Crippen LogP contribution in [0.3, 0.4) is 0 Å². The van der Waals surface area contributed by atoms with Crippen LogP contribution < -0.4 is 10.5 Å². The summed E-state index contributed by atoms with van der Waals surface area (Å²) in [4.78, 5) is 11.4. The zero-order valence-corrected chi connectivity index (χ0v) is 12.5. The van der Waals surface area contributed by atoms with E-state index in [4.69, 9.17) is 10.5 Å². The third-order valence-electron chi connectivity index (χ3n) is 2.71. The van der Waals surface area contributed by atoms with Gasteiger partial charge in [0.15, 0.2) is 0 Å². The Hall–Kier alpha value is -2.01.